The molecular formula is C21H26N2O3S. The van der Waals surface area contributed by atoms with Gasteiger partial charge in [0.2, 0.25) is 10.0 Å². The van der Waals surface area contributed by atoms with E-state index in [9.17, 15) is 13.2 Å². The van der Waals surface area contributed by atoms with E-state index in [0.29, 0.717) is 31.1 Å². The van der Waals surface area contributed by atoms with E-state index in [0.717, 1.165) is 24.0 Å². The van der Waals surface area contributed by atoms with Gasteiger partial charge in [-0.3, -0.25) is 4.79 Å². The van der Waals surface area contributed by atoms with E-state index in [1.54, 1.807) is 16.4 Å². The fourth-order valence-corrected chi connectivity index (χ4v) is 4.73. The van der Waals surface area contributed by atoms with Crippen molar-refractivity contribution in [3.05, 3.63) is 65.2 Å². The van der Waals surface area contributed by atoms with Crippen LogP contribution in [0.1, 0.15) is 41.3 Å². The number of piperidine rings is 1. The first-order chi connectivity index (χ1) is 12.9. The van der Waals surface area contributed by atoms with Crippen molar-refractivity contribution in [3.63, 3.8) is 0 Å². The number of hydrogen-bond acceptors (Lipinski definition) is 3. The minimum atomic E-state index is -3.49. The molecular weight excluding hydrogens is 360 g/mol. The fourth-order valence-electron chi connectivity index (χ4n) is 3.26. The molecule has 2 aromatic rings. The predicted octanol–water partition coefficient (Wildman–Crippen LogP) is 3.35. The molecule has 2 aromatic carbocycles. The van der Waals surface area contributed by atoms with Crippen LogP contribution < -0.4 is 5.32 Å². The Kier molecular flexibility index (Phi) is 5.97. The lowest BCUT2D eigenvalue weighted by Gasteiger charge is -2.29. The summed E-state index contributed by atoms with van der Waals surface area (Å²) in [5.41, 5.74) is 2.62. The number of aryl methyl sites for hydroxylation is 1. The molecule has 5 nitrogen and oxygen atoms in total. The van der Waals surface area contributed by atoms with E-state index >= 15 is 0 Å². The molecule has 27 heavy (non-hydrogen) atoms. The van der Waals surface area contributed by atoms with Crippen molar-refractivity contribution in [1.29, 1.82) is 0 Å². The van der Waals surface area contributed by atoms with Crippen LogP contribution in [0, 0.1) is 12.8 Å². The zero-order chi connectivity index (χ0) is 19.4. The number of carbonyl (C=O) groups is 1. The molecule has 0 bridgehead atoms. The number of hydrogen-bond donors (Lipinski definition) is 1. The smallest absolute Gasteiger partial charge is 0.251 e. The molecule has 0 radical (unpaired) electrons. The van der Waals surface area contributed by atoms with E-state index in [1.807, 2.05) is 31.2 Å². The molecule has 3 rings (SSSR count). The molecule has 1 amide bonds. The number of rotatable bonds is 5. The lowest BCUT2D eigenvalue weighted by atomic mass is 10.0. The van der Waals surface area contributed by atoms with Crippen LogP contribution in [0.5, 0.6) is 0 Å². The largest absolute Gasteiger partial charge is 0.348 e. The van der Waals surface area contributed by atoms with E-state index in [2.05, 4.69) is 12.2 Å². The number of sulfonamides is 1. The van der Waals surface area contributed by atoms with Crippen molar-refractivity contribution >= 4 is 15.9 Å². The second-order valence-corrected chi connectivity index (χ2v) is 9.22. The standard InChI is InChI=1S/C21H26N2O3S/c1-16-10-12-23(13-11-16)27(25,26)20-8-6-19(7-9-20)21(24)22-15-18-5-3-4-17(2)14-18/h3-9,14,16H,10-13,15H2,1-2H3,(H,22,24). The minimum Gasteiger partial charge on any atom is -0.348 e. The van der Waals surface area contributed by atoms with Crippen molar-refractivity contribution in [2.24, 2.45) is 5.92 Å². The lowest BCUT2D eigenvalue weighted by molar-refractivity contribution is 0.0951. The molecule has 0 aromatic heterocycles. The maximum absolute atomic E-state index is 12.7. The van der Waals surface area contributed by atoms with Gasteiger partial charge >= 0.3 is 0 Å². The quantitative estimate of drug-likeness (QED) is 0.857. The normalized spacial score (nSPS) is 16.2. The Bertz CT molecular complexity index is 899. The summed E-state index contributed by atoms with van der Waals surface area (Å²) in [6.45, 7) is 5.71. The monoisotopic (exact) mass is 386 g/mol. The van der Waals surface area contributed by atoms with Crippen LogP contribution in [0.4, 0.5) is 0 Å². The molecule has 0 aliphatic carbocycles. The molecule has 6 heteroatoms. The Morgan fingerprint density at radius 2 is 1.78 bits per heavy atom. The summed E-state index contributed by atoms with van der Waals surface area (Å²) in [7, 11) is -3.49. The van der Waals surface area contributed by atoms with Gasteiger partial charge in [0, 0.05) is 25.2 Å². The van der Waals surface area contributed by atoms with Gasteiger partial charge in [-0.15, -0.1) is 0 Å². The van der Waals surface area contributed by atoms with Gasteiger partial charge in [0.05, 0.1) is 4.90 Å². The maximum Gasteiger partial charge on any atom is 0.251 e. The SMILES string of the molecule is Cc1cccc(CNC(=O)c2ccc(S(=O)(=O)N3CCC(C)CC3)cc2)c1. The zero-order valence-corrected chi connectivity index (χ0v) is 16.6. The number of nitrogens with one attached hydrogen (secondary N) is 1. The van der Waals surface area contributed by atoms with Crippen LogP contribution in [0.2, 0.25) is 0 Å². The van der Waals surface area contributed by atoms with Crippen LogP contribution in [0.3, 0.4) is 0 Å². The highest BCUT2D eigenvalue weighted by Crippen LogP contribution is 2.23. The van der Waals surface area contributed by atoms with Crippen LogP contribution in [-0.2, 0) is 16.6 Å². The summed E-state index contributed by atoms with van der Waals surface area (Å²) in [5.74, 6) is 0.350. The minimum absolute atomic E-state index is 0.216. The van der Waals surface area contributed by atoms with E-state index < -0.39 is 10.0 Å². The third-order valence-electron chi connectivity index (χ3n) is 5.03. The molecule has 1 aliphatic rings. The Morgan fingerprint density at radius 1 is 1.11 bits per heavy atom. The van der Waals surface area contributed by atoms with Gasteiger partial charge in [-0.05, 0) is 55.5 Å². The average Bonchev–Trinajstić information content (AvgIpc) is 2.66. The second-order valence-electron chi connectivity index (χ2n) is 7.28. The highest BCUT2D eigenvalue weighted by atomic mass is 32.2. The van der Waals surface area contributed by atoms with Gasteiger partial charge in [-0.1, -0.05) is 36.8 Å². The number of nitrogens with zero attached hydrogens (tertiary/aromatic N) is 1. The number of amides is 1. The summed E-state index contributed by atoms with van der Waals surface area (Å²) >= 11 is 0. The van der Waals surface area contributed by atoms with Crippen LogP contribution in [0.15, 0.2) is 53.4 Å². The number of carbonyl (C=O) groups excluding carboxylic acids is 1. The Hall–Kier alpha value is -2.18. The van der Waals surface area contributed by atoms with E-state index in [4.69, 9.17) is 0 Å². The van der Waals surface area contributed by atoms with Gasteiger partial charge < -0.3 is 5.32 Å². The van der Waals surface area contributed by atoms with Gasteiger partial charge in [0.1, 0.15) is 0 Å². The van der Waals surface area contributed by atoms with Crippen LogP contribution in [-0.4, -0.2) is 31.7 Å². The first-order valence-corrected chi connectivity index (χ1v) is 10.7. The maximum atomic E-state index is 12.7. The summed E-state index contributed by atoms with van der Waals surface area (Å²) in [6.07, 6.45) is 1.78. The molecule has 1 heterocycles. The van der Waals surface area contributed by atoms with Gasteiger partial charge in [-0.25, -0.2) is 8.42 Å². The van der Waals surface area contributed by atoms with Gasteiger partial charge in [0.15, 0.2) is 0 Å². The first-order valence-electron chi connectivity index (χ1n) is 9.30. The Labute approximate surface area is 161 Å². The summed E-state index contributed by atoms with van der Waals surface area (Å²) in [4.78, 5) is 12.6. The second kappa shape index (κ2) is 8.23. The van der Waals surface area contributed by atoms with Crippen molar-refractivity contribution in [3.8, 4) is 0 Å². The van der Waals surface area contributed by atoms with Crippen molar-refractivity contribution in [2.75, 3.05) is 13.1 Å². The Balaban J connectivity index is 1.64. The highest BCUT2D eigenvalue weighted by Gasteiger charge is 2.28. The molecule has 1 N–H and O–H groups in total. The van der Waals surface area contributed by atoms with Crippen LogP contribution >= 0.6 is 0 Å². The first kappa shape index (κ1) is 19.6. The van der Waals surface area contributed by atoms with Gasteiger partial charge in [0.25, 0.3) is 5.91 Å². The number of benzene rings is 2. The molecule has 1 fully saturated rings. The molecule has 0 atom stereocenters. The van der Waals surface area contributed by atoms with Crippen molar-refractivity contribution < 1.29 is 13.2 Å². The molecule has 1 saturated heterocycles. The highest BCUT2D eigenvalue weighted by molar-refractivity contribution is 7.89. The lowest BCUT2D eigenvalue weighted by Crippen LogP contribution is -2.37. The topological polar surface area (TPSA) is 66.5 Å². The van der Waals surface area contributed by atoms with Crippen LogP contribution in [0.25, 0.3) is 0 Å². The zero-order valence-electron chi connectivity index (χ0n) is 15.8. The van der Waals surface area contributed by atoms with E-state index in [1.165, 1.54) is 12.1 Å². The Morgan fingerprint density at radius 3 is 2.41 bits per heavy atom. The molecule has 0 saturated carbocycles. The molecule has 144 valence electrons. The third-order valence-corrected chi connectivity index (χ3v) is 6.95. The average molecular weight is 387 g/mol. The summed E-state index contributed by atoms with van der Waals surface area (Å²) in [5, 5.41) is 2.87. The third kappa shape index (κ3) is 4.76. The van der Waals surface area contributed by atoms with E-state index in [-0.39, 0.29) is 10.8 Å². The molecule has 0 spiro atoms. The predicted molar refractivity (Wildman–Crippen MR) is 106 cm³/mol. The summed E-state index contributed by atoms with van der Waals surface area (Å²) < 4.78 is 27.0. The van der Waals surface area contributed by atoms with Gasteiger partial charge in [-0.2, -0.15) is 4.31 Å². The summed E-state index contributed by atoms with van der Waals surface area (Å²) in [6, 6.07) is 14.1. The molecule has 0 unspecified atom stereocenters. The molecule has 1 aliphatic heterocycles. The fraction of sp³-hybridized carbons (Fsp3) is 0.381. The van der Waals surface area contributed by atoms with Crippen molar-refractivity contribution in [1.82, 2.24) is 9.62 Å². The van der Waals surface area contributed by atoms with Crippen molar-refractivity contribution in [2.45, 2.75) is 38.1 Å².